The highest BCUT2D eigenvalue weighted by atomic mass is 32.2. The molecule has 0 aliphatic carbocycles. The fraction of sp³-hybridized carbons (Fsp3) is 0.536. The van der Waals surface area contributed by atoms with E-state index in [1.54, 1.807) is 11.8 Å². The van der Waals surface area contributed by atoms with Gasteiger partial charge in [0.1, 0.15) is 23.0 Å². The Kier molecular flexibility index (Phi) is 7.15. The Bertz CT molecular complexity index is 1560. The summed E-state index contributed by atoms with van der Waals surface area (Å²) < 4.78 is 45.2. The number of nitrogens with zero attached hydrogens (tertiary/aromatic N) is 6. The molecule has 1 amide bonds. The van der Waals surface area contributed by atoms with Crippen LogP contribution in [-0.2, 0) is 20.4 Å². The number of rotatable bonds is 2. The summed E-state index contributed by atoms with van der Waals surface area (Å²) in [4.78, 5) is 25.3. The van der Waals surface area contributed by atoms with E-state index < -0.39 is 21.4 Å². The van der Waals surface area contributed by atoms with E-state index in [1.165, 1.54) is 24.3 Å². The fourth-order valence-electron chi connectivity index (χ4n) is 6.16. The van der Waals surface area contributed by atoms with E-state index in [2.05, 4.69) is 14.5 Å². The Hall–Kier alpha value is -3.29. The number of carbonyl (C=O) groups is 1. The second-order valence-corrected chi connectivity index (χ2v) is 13.5. The molecule has 1 unspecified atom stereocenters. The van der Waals surface area contributed by atoms with Crippen molar-refractivity contribution in [3.05, 3.63) is 53.5 Å². The van der Waals surface area contributed by atoms with Crippen LogP contribution in [0.4, 0.5) is 16.0 Å². The van der Waals surface area contributed by atoms with E-state index in [4.69, 9.17) is 15.8 Å². The van der Waals surface area contributed by atoms with Crippen LogP contribution in [-0.4, -0.2) is 78.8 Å². The first-order valence-corrected chi connectivity index (χ1v) is 15.9. The van der Waals surface area contributed by atoms with Gasteiger partial charge in [-0.25, -0.2) is 17.8 Å². The molecular weight excluding hydrogens is 547 g/mol. The maximum absolute atomic E-state index is 14.4. The average Bonchev–Trinajstić information content (AvgIpc) is 3.36. The van der Waals surface area contributed by atoms with Gasteiger partial charge < -0.3 is 20.4 Å². The number of amides is 1. The van der Waals surface area contributed by atoms with Crippen molar-refractivity contribution in [2.24, 2.45) is 5.73 Å². The quantitative estimate of drug-likeness (QED) is 0.469. The molecule has 6 rings (SSSR count). The number of carbonyl (C=O) groups excluding carboxylic acids is 1. The molecule has 3 aromatic rings. The van der Waals surface area contributed by atoms with Gasteiger partial charge in [-0.2, -0.15) is 14.3 Å². The number of nitrogens with two attached hydrogens (primary N) is 1. The van der Waals surface area contributed by atoms with Gasteiger partial charge in [0, 0.05) is 51.4 Å². The molecule has 220 valence electrons. The zero-order valence-electron chi connectivity index (χ0n) is 23.5. The van der Waals surface area contributed by atoms with Crippen molar-refractivity contribution in [1.82, 2.24) is 24.2 Å². The minimum Gasteiger partial charge on any atom is -0.359 e. The third kappa shape index (κ3) is 5.26. The van der Waals surface area contributed by atoms with Crippen molar-refractivity contribution in [2.75, 3.05) is 48.8 Å². The molecule has 2 atom stereocenters. The maximum atomic E-state index is 14.4. The standard InChI is InChI=1S/C28H37FN8O3S/c1-28(19-8-10-20(29)11-9-19)27(38)36-13-4-3-7-23(36)22-15-25-31-24(35-17-21(30)18-35)16-26(37(25)32-22)34(2)12-5-6-14-41(39,40)33-28/h8-11,15-16,21,23,33H,3-7,12-14,17-18,30H2,1-2H3/t23-,28?/m0/s1. The summed E-state index contributed by atoms with van der Waals surface area (Å²) >= 11 is 0. The van der Waals surface area contributed by atoms with Gasteiger partial charge in [-0.15, -0.1) is 0 Å². The second kappa shape index (κ2) is 10.5. The Morgan fingerprint density at radius 3 is 2.54 bits per heavy atom. The lowest BCUT2D eigenvalue weighted by Gasteiger charge is -2.41. The van der Waals surface area contributed by atoms with E-state index in [1.807, 2.05) is 23.7 Å². The first-order chi connectivity index (χ1) is 19.5. The highest BCUT2D eigenvalue weighted by Gasteiger charge is 2.45. The molecule has 0 saturated carbocycles. The first-order valence-electron chi connectivity index (χ1n) is 14.3. The van der Waals surface area contributed by atoms with Gasteiger partial charge in [0.15, 0.2) is 5.65 Å². The average molecular weight is 585 g/mol. The Morgan fingerprint density at radius 2 is 1.80 bits per heavy atom. The summed E-state index contributed by atoms with van der Waals surface area (Å²) in [5.74, 6) is 0.683. The van der Waals surface area contributed by atoms with Gasteiger partial charge in [0.25, 0.3) is 0 Å². The maximum Gasteiger partial charge on any atom is 0.248 e. The number of piperidine rings is 1. The molecule has 2 aromatic heterocycles. The Balaban J connectivity index is 1.47. The monoisotopic (exact) mass is 584 g/mol. The number of halogens is 1. The molecule has 5 heterocycles. The molecule has 3 aliphatic heterocycles. The molecule has 0 radical (unpaired) electrons. The highest BCUT2D eigenvalue weighted by molar-refractivity contribution is 7.89. The van der Waals surface area contributed by atoms with Crippen molar-refractivity contribution in [3.63, 3.8) is 0 Å². The van der Waals surface area contributed by atoms with Crippen molar-refractivity contribution in [3.8, 4) is 0 Å². The molecule has 1 aromatic carbocycles. The van der Waals surface area contributed by atoms with Gasteiger partial charge in [-0.1, -0.05) is 12.1 Å². The largest absolute Gasteiger partial charge is 0.359 e. The number of aromatic nitrogens is 3. The lowest BCUT2D eigenvalue weighted by Crippen LogP contribution is -2.57. The molecule has 3 aliphatic rings. The third-order valence-corrected chi connectivity index (χ3v) is 10.1. The van der Waals surface area contributed by atoms with E-state index in [-0.39, 0.29) is 23.7 Å². The fourth-order valence-corrected chi connectivity index (χ4v) is 7.67. The number of sulfonamides is 1. The van der Waals surface area contributed by atoms with E-state index in [9.17, 15) is 17.6 Å². The predicted molar refractivity (Wildman–Crippen MR) is 155 cm³/mol. The number of fused-ring (bicyclic) bond motifs is 3. The number of benzene rings is 1. The molecule has 2 fully saturated rings. The van der Waals surface area contributed by atoms with Crippen molar-refractivity contribution in [1.29, 1.82) is 0 Å². The van der Waals surface area contributed by atoms with Crippen LogP contribution < -0.4 is 20.3 Å². The predicted octanol–water partition coefficient (Wildman–Crippen LogP) is 2.13. The lowest BCUT2D eigenvalue weighted by molar-refractivity contribution is -0.141. The molecule has 2 bridgehead atoms. The number of nitrogens with one attached hydrogen (secondary N) is 1. The minimum atomic E-state index is -3.86. The van der Waals surface area contributed by atoms with Gasteiger partial charge in [0.2, 0.25) is 15.9 Å². The van der Waals surface area contributed by atoms with Gasteiger partial charge in [-0.3, -0.25) is 4.79 Å². The zero-order chi connectivity index (χ0) is 28.9. The normalized spacial score (nSPS) is 26.0. The molecular formula is C28H37FN8O3S. The van der Waals surface area contributed by atoms with Gasteiger partial charge in [0.05, 0.1) is 17.5 Å². The first kappa shape index (κ1) is 27.9. The third-order valence-electron chi connectivity index (χ3n) is 8.51. The van der Waals surface area contributed by atoms with Crippen LogP contribution >= 0.6 is 0 Å². The van der Waals surface area contributed by atoms with Crippen LogP contribution in [0.2, 0.25) is 0 Å². The van der Waals surface area contributed by atoms with Crippen LogP contribution in [0.1, 0.15) is 56.3 Å². The van der Waals surface area contributed by atoms with E-state index >= 15 is 0 Å². The highest BCUT2D eigenvalue weighted by Crippen LogP contribution is 2.37. The smallest absolute Gasteiger partial charge is 0.248 e. The van der Waals surface area contributed by atoms with Crippen LogP contribution in [0.3, 0.4) is 0 Å². The SMILES string of the molecule is CN1CCCCS(=O)(=O)NC(C)(c2ccc(F)cc2)C(=O)N2CCCC[C@H]2c2cc3nc(N4CC(N)C4)cc1n3n2. The second-order valence-electron chi connectivity index (χ2n) is 11.7. The van der Waals surface area contributed by atoms with Crippen LogP contribution in [0.5, 0.6) is 0 Å². The van der Waals surface area contributed by atoms with Gasteiger partial charge >= 0.3 is 0 Å². The molecule has 3 N–H and O–H groups in total. The van der Waals surface area contributed by atoms with Crippen molar-refractivity contribution < 1.29 is 17.6 Å². The summed E-state index contributed by atoms with van der Waals surface area (Å²) in [6, 6.07) is 9.13. The van der Waals surface area contributed by atoms with Gasteiger partial charge in [-0.05, 0) is 56.7 Å². The van der Waals surface area contributed by atoms with E-state index in [0.717, 1.165) is 37.6 Å². The van der Waals surface area contributed by atoms with Crippen molar-refractivity contribution >= 4 is 33.2 Å². The van der Waals surface area contributed by atoms with E-state index in [0.29, 0.717) is 49.3 Å². The summed E-state index contributed by atoms with van der Waals surface area (Å²) in [5.41, 5.74) is 6.21. The molecule has 41 heavy (non-hydrogen) atoms. The number of anilines is 2. The van der Waals surface area contributed by atoms with Crippen LogP contribution in [0.25, 0.3) is 5.65 Å². The molecule has 0 spiro atoms. The number of hydrogen-bond acceptors (Lipinski definition) is 8. The van der Waals surface area contributed by atoms with Crippen LogP contribution in [0, 0.1) is 5.82 Å². The zero-order valence-corrected chi connectivity index (χ0v) is 24.3. The summed E-state index contributed by atoms with van der Waals surface area (Å²) in [5, 5.41) is 4.98. The summed E-state index contributed by atoms with van der Waals surface area (Å²) in [6.07, 6.45) is 3.37. The summed E-state index contributed by atoms with van der Waals surface area (Å²) in [7, 11) is -1.89. The van der Waals surface area contributed by atoms with Crippen molar-refractivity contribution in [2.45, 2.75) is 56.7 Å². The lowest BCUT2D eigenvalue weighted by atomic mass is 9.89. The molecule has 11 nitrogen and oxygen atoms in total. The minimum absolute atomic E-state index is 0.119. The topological polar surface area (TPSA) is 129 Å². The number of hydrogen-bond donors (Lipinski definition) is 2. The van der Waals surface area contributed by atoms with Crippen LogP contribution in [0.15, 0.2) is 36.4 Å². The molecule has 13 heteroatoms. The summed E-state index contributed by atoms with van der Waals surface area (Å²) in [6.45, 7) is 4.08. The Labute approximate surface area is 239 Å². The molecule has 2 saturated heterocycles. The Morgan fingerprint density at radius 1 is 1.07 bits per heavy atom.